The molecule has 2 unspecified atom stereocenters. The van der Waals surface area contributed by atoms with Crippen LogP contribution in [0.1, 0.15) is 30.9 Å². The van der Waals surface area contributed by atoms with Gasteiger partial charge in [0, 0.05) is 19.1 Å². The zero-order valence-electron chi connectivity index (χ0n) is 12.8. The summed E-state index contributed by atoms with van der Waals surface area (Å²) in [5, 5.41) is 8.98. The van der Waals surface area contributed by atoms with E-state index in [4.69, 9.17) is 11.0 Å². The lowest BCUT2D eigenvalue weighted by Crippen LogP contribution is -2.49. The van der Waals surface area contributed by atoms with Crippen LogP contribution in [-0.2, 0) is 10.0 Å². The van der Waals surface area contributed by atoms with Crippen LogP contribution >= 0.6 is 12.4 Å². The zero-order chi connectivity index (χ0) is 15.6. The fourth-order valence-electron chi connectivity index (χ4n) is 2.83. The first-order valence-electron chi connectivity index (χ1n) is 7.12. The van der Waals surface area contributed by atoms with Gasteiger partial charge in [-0.2, -0.15) is 9.57 Å². The van der Waals surface area contributed by atoms with Crippen molar-refractivity contribution < 1.29 is 8.42 Å². The number of nitrogens with zero attached hydrogens (tertiary/aromatic N) is 2. The number of hydrogen-bond donors (Lipinski definition) is 1. The van der Waals surface area contributed by atoms with Crippen molar-refractivity contribution in [3.63, 3.8) is 0 Å². The third-order valence-corrected chi connectivity index (χ3v) is 6.19. The predicted octanol–water partition coefficient (Wildman–Crippen LogP) is 2.04. The molecule has 0 aromatic heterocycles. The van der Waals surface area contributed by atoms with Crippen molar-refractivity contribution in [1.29, 1.82) is 5.26 Å². The molecular weight excluding hydrogens is 322 g/mol. The van der Waals surface area contributed by atoms with Crippen molar-refractivity contribution in [2.45, 2.75) is 37.6 Å². The average molecular weight is 344 g/mol. The fourth-order valence-corrected chi connectivity index (χ4v) is 4.75. The van der Waals surface area contributed by atoms with E-state index in [0.29, 0.717) is 30.1 Å². The Bertz CT molecular complexity index is 670. The second kappa shape index (κ2) is 7.42. The number of nitriles is 1. The van der Waals surface area contributed by atoms with Gasteiger partial charge in [-0.15, -0.1) is 12.4 Å². The lowest BCUT2D eigenvalue weighted by molar-refractivity contribution is 0.211. The molecule has 22 heavy (non-hydrogen) atoms. The summed E-state index contributed by atoms with van der Waals surface area (Å²) in [6.45, 7) is 4.67. The summed E-state index contributed by atoms with van der Waals surface area (Å²) in [5.74, 6) is 0.483. The van der Waals surface area contributed by atoms with E-state index < -0.39 is 10.0 Å². The van der Waals surface area contributed by atoms with Crippen LogP contribution in [0.5, 0.6) is 0 Å². The molecule has 0 saturated carbocycles. The molecule has 1 aliphatic rings. The first-order valence-corrected chi connectivity index (χ1v) is 8.56. The van der Waals surface area contributed by atoms with E-state index in [0.717, 1.165) is 12.8 Å². The van der Waals surface area contributed by atoms with Crippen LogP contribution in [0.3, 0.4) is 0 Å². The summed E-state index contributed by atoms with van der Waals surface area (Å²) in [4.78, 5) is 0.217. The Morgan fingerprint density at radius 1 is 1.45 bits per heavy atom. The lowest BCUT2D eigenvalue weighted by Gasteiger charge is -2.37. The summed E-state index contributed by atoms with van der Waals surface area (Å²) in [6, 6.07) is 6.59. The summed E-state index contributed by atoms with van der Waals surface area (Å²) < 4.78 is 27.3. The maximum Gasteiger partial charge on any atom is 0.243 e. The Balaban J connectivity index is 0.00000242. The highest BCUT2D eigenvalue weighted by molar-refractivity contribution is 7.89. The van der Waals surface area contributed by atoms with E-state index in [-0.39, 0.29) is 23.3 Å². The van der Waals surface area contributed by atoms with Crippen molar-refractivity contribution in [1.82, 2.24) is 4.31 Å². The smallest absolute Gasteiger partial charge is 0.243 e. The molecule has 1 aromatic rings. The van der Waals surface area contributed by atoms with Crippen molar-refractivity contribution in [2.75, 3.05) is 13.1 Å². The van der Waals surface area contributed by atoms with Crippen LogP contribution in [0, 0.1) is 24.2 Å². The SMILES string of the molecule is Cc1ccc(C#N)cc1S(=O)(=O)N1CCC(C)CC1CN.Cl. The van der Waals surface area contributed by atoms with Gasteiger partial charge in [-0.25, -0.2) is 8.42 Å². The molecule has 0 amide bonds. The topological polar surface area (TPSA) is 87.2 Å². The first-order chi connectivity index (χ1) is 9.90. The van der Waals surface area contributed by atoms with Crippen LogP contribution < -0.4 is 5.73 Å². The Labute approximate surface area is 138 Å². The second-order valence-electron chi connectivity index (χ2n) is 5.73. The molecule has 122 valence electrons. The Hall–Kier alpha value is -1.13. The molecule has 0 aliphatic carbocycles. The number of rotatable bonds is 3. The summed E-state index contributed by atoms with van der Waals surface area (Å²) >= 11 is 0. The van der Waals surface area contributed by atoms with Gasteiger partial charge in [0.15, 0.2) is 0 Å². The Morgan fingerprint density at radius 2 is 2.14 bits per heavy atom. The largest absolute Gasteiger partial charge is 0.329 e. The van der Waals surface area contributed by atoms with Crippen LogP contribution in [-0.4, -0.2) is 31.9 Å². The predicted molar refractivity (Wildman–Crippen MR) is 88.3 cm³/mol. The lowest BCUT2D eigenvalue weighted by atomic mass is 9.94. The average Bonchev–Trinajstić information content (AvgIpc) is 2.47. The van der Waals surface area contributed by atoms with Crippen LogP contribution in [0.4, 0.5) is 0 Å². The minimum atomic E-state index is -3.61. The first kappa shape index (κ1) is 18.9. The van der Waals surface area contributed by atoms with Gasteiger partial charge in [-0.05, 0) is 43.4 Å². The summed E-state index contributed by atoms with van der Waals surface area (Å²) in [7, 11) is -3.61. The highest BCUT2D eigenvalue weighted by atomic mass is 35.5. The number of aryl methyl sites for hydroxylation is 1. The molecule has 2 N–H and O–H groups in total. The third-order valence-electron chi connectivity index (χ3n) is 4.10. The van der Waals surface area contributed by atoms with Crippen molar-refractivity contribution in [3.05, 3.63) is 29.3 Å². The van der Waals surface area contributed by atoms with E-state index in [1.807, 2.05) is 6.07 Å². The van der Waals surface area contributed by atoms with Gasteiger partial charge in [-0.3, -0.25) is 0 Å². The monoisotopic (exact) mass is 343 g/mol. The number of sulfonamides is 1. The van der Waals surface area contributed by atoms with Crippen LogP contribution in [0.2, 0.25) is 0 Å². The number of hydrogen-bond acceptors (Lipinski definition) is 4. The van der Waals surface area contributed by atoms with Crippen molar-refractivity contribution >= 4 is 22.4 Å². The number of nitrogens with two attached hydrogens (primary N) is 1. The van der Waals surface area contributed by atoms with E-state index in [2.05, 4.69) is 6.92 Å². The van der Waals surface area contributed by atoms with E-state index in [1.165, 1.54) is 10.4 Å². The molecule has 2 rings (SSSR count). The molecule has 0 spiro atoms. The molecule has 2 atom stereocenters. The minimum absolute atomic E-state index is 0. The summed E-state index contributed by atoms with van der Waals surface area (Å²) in [5.41, 5.74) is 6.78. The molecule has 5 nitrogen and oxygen atoms in total. The van der Waals surface area contributed by atoms with Gasteiger partial charge in [-0.1, -0.05) is 13.0 Å². The van der Waals surface area contributed by atoms with Gasteiger partial charge in [0.2, 0.25) is 10.0 Å². The van der Waals surface area contributed by atoms with Crippen LogP contribution in [0.15, 0.2) is 23.1 Å². The molecule has 1 aliphatic heterocycles. The van der Waals surface area contributed by atoms with Crippen LogP contribution in [0.25, 0.3) is 0 Å². The molecule has 1 fully saturated rings. The maximum absolute atomic E-state index is 12.9. The quantitative estimate of drug-likeness (QED) is 0.909. The van der Waals surface area contributed by atoms with Gasteiger partial charge < -0.3 is 5.73 Å². The number of piperidine rings is 1. The summed E-state index contributed by atoms with van der Waals surface area (Å²) in [6.07, 6.45) is 1.62. The number of benzene rings is 1. The second-order valence-corrected chi connectivity index (χ2v) is 7.59. The van der Waals surface area contributed by atoms with Gasteiger partial charge in [0.1, 0.15) is 0 Å². The standard InChI is InChI=1S/C15H21N3O2S.ClH/c1-11-5-6-18(14(7-11)10-17)21(19,20)15-8-13(9-16)4-3-12(15)2;/h3-4,8,11,14H,5-7,10,17H2,1-2H3;1H. The molecular formula is C15H22ClN3O2S. The molecule has 1 aromatic carbocycles. The molecule has 7 heteroatoms. The molecule has 0 radical (unpaired) electrons. The van der Waals surface area contributed by atoms with Gasteiger partial charge in [0.25, 0.3) is 0 Å². The van der Waals surface area contributed by atoms with E-state index in [9.17, 15) is 8.42 Å². The highest BCUT2D eigenvalue weighted by Crippen LogP contribution is 2.29. The number of halogens is 1. The van der Waals surface area contributed by atoms with E-state index >= 15 is 0 Å². The molecule has 1 heterocycles. The molecule has 1 saturated heterocycles. The fraction of sp³-hybridized carbons (Fsp3) is 0.533. The van der Waals surface area contributed by atoms with Gasteiger partial charge >= 0.3 is 0 Å². The van der Waals surface area contributed by atoms with Crippen molar-refractivity contribution in [2.24, 2.45) is 11.7 Å². The Kier molecular flexibility index (Phi) is 6.38. The maximum atomic E-state index is 12.9. The Morgan fingerprint density at radius 3 is 2.73 bits per heavy atom. The molecule has 0 bridgehead atoms. The van der Waals surface area contributed by atoms with E-state index in [1.54, 1.807) is 19.1 Å². The van der Waals surface area contributed by atoms with Crippen molar-refractivity contribution in [3.8, 4) is 6.07 Å². The van der Waals surface area contributed by atoms with Gasteiger partial charge in [0.05, 0.1) is 16.5 Å². The normalized spacial score (nSPS) is 22.6. The highest BCUT2D eigenvalue weighted by Gasteiger charge is 2.35. The minimum Gasteiger partial charge on any atom is -0.329 e. The third kappa shape index (κ3) is 3.61. The zero-order valence-corrected chi connectivity index (χ0v) is 14.5.